The van der Waals surface area contributed by atoms with Gasteiger partial charge in [-0.3, -0.25) is 14.1 Å². The summed E-state index contributed by atoms with van der Waals surface area (Å²) >= 11 is 0. The van der Waals surface area contributed by atoms with Crippen molar-refractivity contribution >= 4 is 19.8 Å². The predicted molar refractivity (Wildman–Crippen MR) is 198 cm³/mol. The van der Waals surface area contributed by atoms with Crippen molar-refractivity contribution in [2.45, 2.75) is 187 Å². The van der Waals surface area contributed by atoms with Crippen LogP contribution < -0.4 is 0 Å². The lowest BCUT2D eigenvalue weighted by Crippen LogP contribution is -2.29. The molecule has 0 aromatic heterocycles. The largest absolute Gasteiger partial charge is 0.469 e. The van der Waals surface area contributed by atoms with Crippen molar-refractivity contribution in [3.63, 3.8) is 0 Å². The van der Waals surface area contributed by atoms with Gasteiger partial charge >= 0.3 is 19.8 Å². The van der Waals surface area contributed by atoms with Gasteiger partial charge in [0.15, 0.2) is 6.10 Å². The first-order chi connectivity index (χ1) is 23.3. The molecule has 0 fully saturated rings. The number of carbonyl (C=O) groups excluding carboxylic acids is 2. The van der Waals surface area contributed by atoms with Crippen LogP contribution in [0.2, 0.25) is 0 Å². The van der Waals surface area contributed by atoms with E-state index in [0.717, 1.165) is 38.5 Å². The summed E-state index contributed by atoms with van der Waals surface area (Å²) in [5, 5.41) is 0. The number of phosphoric ester groups is 1. The molecule has 0 saturated heterocycles. The van der Waals surface area contributed by atoms with Crippen molar-refractivity contribution in [3.05, 3.63) is 36.5 Å². The summed E-state index contributed by atoms with van der Waals surface area (Å²) in [7, 11) is -4.76. The van der Waals surface area contributed by atoms with E-state index >= 15 is 0 Å². The smallest absolute Gasteiger partial charge is 0.462 e. The van der Waals surface area contributed by atoms with Crippen LogP contribution in [0.4, 0.5) is 0 Å². The Morgan fingerprint density at radius 2 is 0.979 bits per heavy atom. The van der Waals surface area contributed by atoms with Crippen molar-refractivity contribution in [2.24, 2.45) is 0 Å². The molecule has 0 heterocycles. The Labute approximate surface area is 293 Å². The molecule has 0 bridgehead atoms. The highest BCUT2D eigenvalue weighted by Gasteiger charge is 2.22. The highest BCUT2D eigenvalue weighted by atomic mass is 31.2. The summed E-state index contributed by atoms with van der Waals surface area (Å²) in [6.07, 6.45) is 40.2. The molecule has 0 unspecified atom stereocenters. The molecule has 0 aromatic carbocycles. The molecule has 0 aliphatic heterocycles. The number of hydrogen-bond donors (Lipinski definition) is 2. The lowest BCUT2D eigenvalue weighted by Gasteiger charge is -2.18. The van der Waals surface area contributed by atoms with Crippen molar-refractivity contribution in [1.29, 1.82) is 0 Å². The average molecular weight is 699 g/mol. The number of esters is 2. The zero-order chi connectivity index (χ0) is 35.4. The molecular formula is C39H71O8P. The standard InChI is InChI=1S/C39H71O8P/c1-3-5-7-9-11-13-15-17-19-21-23-25-27-29-31-33-38(40)45-35-37(36-46-48(42,43)44)47-39(41)34-32-30-28-26-24-22-20-18-16-14-12-10-8-6-4-2/h18,20,24,26-27,29,37H,3-17,19,21-23,25,28,30-36H2,1-2H3,(H2,42,43,44)/b20-18+,26-24+,29-27+/t37-/m1/s1. The summed E-state index contributed by atoms with van der Waals surface area (Å²) in [6, 6.07) is 0. The Hall–Kier alpha value is -1.73. The summed E-state index contributed by atoms with van der Waals surface area (Å²) in [5.74, 6) is -0.979. The van der Waals surface area contributed by atoms with Crippen molar-refractivity contribution in [3.8, 4) is 0 Å². The maximum absolute atomic E-state index is 12.3. The van der Waals surface area contributed by atoms with Crippen molar-refractivity contribution in [1.82, 2.24) is 0 Å². The van der Waals surface area contributed by atoms with Crippen LogP contribution in [0, 0.1) is 0 Å². The van der Waals surface area contributed by atoms with Gasteiger partial charge in [0.05, 0.1) is 6.61 Å². The molecular weight excluding hydrogens is 627 g/mol. The molecule has 0 radical (unpaired) electrons. The number of hydrogen-bond acceptors (Lipinski definition) is 6. The van der Waals surface area contributed by atoms with E-state index in [1.165, 1.54) is 103 Å². The number of unbranched alkanes of at least 4 members (excludes halogenated alkanes) is 19. The van der Waals surface area contributed by atoms with Gasteiger partial charge in [-0.15, -0.1) is 0 Å². The minimum absolute atomic E-state index is 0.163. The number of allylic oxidation sites excluding steroid dienone is 6. The van der Waals surface area contributed by atoms with Crippen LogP contribution in [0.1, 0.15) is 181 Å². The topological polar surface area (TPSA) is 119 Å². The fourth-order valence-electron chi connectivity index (χ4n) is 5.24. The Morgan fingerprint density at radius 1 is 0.542 bits per heavy atom. The highest BCUT2D eigenvalue weighted by molar-refractivity contribution is 7.46. The summed E-state index contributed by atoms with van der Waals surface area (Å²) in [5.41, 5.74) is 0. The maximum atomic E-state index is 12.3. The van der Waals surface area contributed by atoms with Gasteiger partial charge in [-0.05, 0) is 57.8 Å². The lowest BCUT2D eigenvalue weighted by molar-refractivity contribution is -0.161. The second-order valence-corrected chi connectivity index (χ2v) is 14.1. The summed E-state index contributed by atoms with van der Waals surface area (Å²) in [4.78, 5) is 42.6. The van der Waals surface area contributed by atoms with Gasteiger partial charge in [0.1, 0.15) is 6.61 Å². The molecule has 0 aliphatic rings. The van der Waals surface area contributed by atoms with Crippen LogP contribution in [0.3, 0.4) is 0 Å². The quantitative estimate of drug-likeness (QED) is 0.0290. The molecule has 0 aliphatic carbocycles. The van der Waals surface area contributed by atoms with Gasteiger partial charge in [0.2, 0.25) is 0 Å². The molecule has 280 valence electrons. The number of phosphoric acid groups is 1. The fraction of sp³-hybridized carbons (Fsp3) is 0.795. The Morgan fingerprint density at radius 3 is 1.48 bits per heavy atom. The first-order valence-electron chi connectivity index (χ1n) is 19.3. The number of ether oxygens (including phenoxy) is 2. The normalized spacial score (nSPS) is 12.8. The SMILES string of the molecule is CCCCCCCC/C=C/C/C=C/CCCCC(=O)O[C@H](COC(=O)CC/C=C/CCCCCCCCCCCCC)COP(=O)(O)O. The van der Waals surface area contributed by atoms with Crippen LogP contribution in [-0.4, -0.2) is 41.0 Å². The van der Waals surface area contributed by atoms with Gasteiger partial charge in [-0.1, -0.05) is 147 Å². The molecule has 0 saturated carbocycles. The average Bonchev–Trinajstić information content (AvgIpc) is 3.05. The van der Waals surface area contributed by atoms with Crippen molar-refractivity contribution < 1.29 is 37.9 Å². The van der Waals surface area contributed by atoms with E-state index in [2.05, 4.69) is 48.8 Å². The second-order valence-electron chi connectivity index (χ2n) is 12.9. The van der Waals surface area contributed by atoms with Gasteiger partial charge < -0.3 is 19.3 Å². The molecule has 1 atom stereocenters. The number of carbonyl (C=O) groups is 2. The first-order valence-corrected chi connectivity index (χ1v) is 20.8. The van der Waals surface area contributed by atoms with E-state index in [9.17, 15) is 14.2 Å². The van der Waals surface area contributed by atoms with Gasteiger partial charge in [0.25, 0.3) is 0 Å². The third-order valence-corrected chi connectivity index (χ3v) is 8.63. The van der Waals surface area contributed by atoms with E-state index in [1.807, 2.05) is 6.08 Å². The molecule has 48 heavy (non-hydrogen) atoms. The minimum atomic E-state index is -4.76. The molecule has 9 heteroatoms. The second kappa shape index (κ2) is 35.1. The Bertz CT molecular complexity index is 879. The third-order valence-electron chi connectivity index (χ3n) is 8.14. The lowest BCUT2D eigenvalue weighted by atomic mass is 10.1. The molecule has 8 nitrogen and oxygen atoms in total. The molecule has 0 amide bonds. The molecule has 0 rings (SSSR count). The third kappa shape index (κ3) is 37.1. The van der Waals surface area contributed by atoms with Crippen LogP contribution in [-0.2, 0) is 28.2 Å². The maximum Gasteiger partial charge on any atom is 0.469 e. The minimum Gasteiger partial charge on any atom is -0.462 e. The monoisotopic (exact) mass is 698 g/mol. The first kappa shape index (κ1) is 46.3. The van der Waals surface area contributed by atoms with Gasteiger partial charge in [0, 0.05) is 12.8 Å². The van der Waals surface area contributed by atoms with Gasteiger partial charge in [-0.2, -0.15) is 0 Å². The zero-order valence-electron chi connectivity index (χ0n) is 30.6. The molecule has 2 N–H and O–H groups in total. The number of rotatable bonds is 35. The van der Waals surface area contributed by atoms with E-state index < -0.39 is 32.5 Å². The molecule has 0 spiro atoms. The van der Waals surface area contributed by atoms with Crippen LogP contribution in [0.5, 0.6) is 0 Å². The van der Waals surface area contributed by atoms with E-state index in [0.29, 0.717) is 12.8 Å². The van der Waals surface area contributed by atoms with E-state index in [4.69, 9.17) is 19.3 Å². The Balaban J connectivity index is 4.05. The van der Waals surface area contributed by atoms with Crippen LogP contribution in [0.25, 0.3) is 0 Å². The van der Waals surface area contributed by atoms with Gasteiger partial charge in [-0.25, -0.2) is 4.57 Å². The summed E-state index contributed by atoms with van der Waals surface area (Å²) < 4.78 is 26.2. The zero-order valence-corrected chi connectivity index (χ0v) is 31.5. The summed E-state index contributed by atoms with van der Waals surface area (Å²) in [6.45, 7) is 3.61. The van der Waals surface area contributed by atoms with Crippen molar-refractivity contribution in [2.75, 3.05) is 13.2 Å². The Kier molecular flexibility index (Phi) is 33.8. The van der Waals surface area contributed by atoms with Crippen LogP contribution >= 0.6 is 7.82 Å². The fourth-order valence-corrected chi connectivity index (χ4v) is 5.60. The predicted octanol–water partition coefficient (Wildman–Crippen LogP) is 11.4. The van der Waals surface area contributed by atoms with E-state index in [-0.39, 0.29) is 19.4 Å². The highest BCUT2D eigenvalue weighted by Crippen LogP contribution is 2.36. The van der Waals surface area contributed by atoms with E-state index in [1.54, 1.807) is 0 Å². The van der Waals surface area contributed by atoms with Crippen LogP contribution in [0.15, 0.2) is 36.5 Å². The molecule has 0 aromatic rings.